The number of imide groups is 2. The van der Waals surface area contributed by atoms with E-state index >= 15 is 0 Å². The molecule has 0 bridgehead atoms. The second-order valence-corrected chi connectivity index (χ2v) is 6.17. The highest BCUT2D eigenvalue weighted by atomic mass is 16.2. The highest BCUT2D eigenvalue weighted by molar-refractivity contribution is 6.07. The van der Waals surface area contributed by atoms with Crippen LogP contribution in [0.3, 0.4) is 0 Å². The van der Waals surface area contributed by atoms with Crippen LogP contribution in [0, 0.1) is 6.92 Å². The van der Waals surface area contributed by atoms with Crippen molar-refractivity contribution in [1.29, 1.82) is 0 Å². The molecular weight excluding hydrogens is 308 g/mol. The van der Waals surface area contributed by atoms with Gasteiger partial charge in [-0.2, -0.15) is 0 Å². The van der Waals surface area contributed by atoms with Crippen molar-refractivity contribution in [1.82, 2.24) is 10.2 Å². The molecule has 0 aromatic heterocycles. The van der Waals surface area contributed by atoms with E-state index in [1.807, 2.05) is 19.1 Å². The van der Waals surface area contributed by atoms with Crippen LogP contribution in [0.15, 0.2) is 18.2 Å². The summed E-state index contributed by atoms with van der Waals surface area (Å²) in [5.74, 6) is -1.14. The van der Waals surface area contributed by atoms with Crippen LogP contribution in [0.4, 0.5) is 0 Å². The van der Waals surface area contributed by atoms with Gasteiger partial charge in [-0.05, 0) is 42.9 Å². The maximum Gasteiger partial charge on any atom is 0.261 e. The van der Waals surface area contributed by atoms with Crippen LogP contribution in [0.2, 0.25) is 0 Å². The van der Waals surface area contributed by atoms with E-state index in [9.17, 15) is 19.2 Å². The quantitative estimate of drug-likeness (QED) is 0.660. The van der Waals surface area contributed by atoms with Crippen molar-refractivity contribution in [2.24, 2.45) is 0 Å². The second kappa shape index (κ2) is 7.38. The van der Waals surface area contributed by atoms with Gasteiger partial charge in [0.15, 0.2) is 0 Å². The third-order valence-electron chi connectivity index (χ3n) is 4.56. The van der Waals surface area contributed by atoms with E-state index in [0.717, 1.165) is 22.4 Å². The number of benzene rings is 1. The number of carbonyl (C=O) groups is 4. The fourth-order valence-electron chi connectivity index (χ4n) is 2.82. The summed E-state index contributed by atoms with van der Waals surface area (Å²) in [4.78, 5) is 48.2. The zero-order valence-electron chi connectivity index (χ0n) is 14.2. The van der Waals surface area contributed by atoms with Gasteiger partial charge in [0.1, 0.15) is 6.04 Å². The largest absolute Gasteiger partial charge is 0.295 e. The lowest BCUT2D eigenvalue weighted by atomic mass is 9.94. The molecular formula is C18H22N2O4. The number of hydrogen-bond acceptors (Lipinski definition) is 4. The molecule has 24 heavy (non-hydrogen) atoms. The van der Waals surface area contributed by atoms with E-state index in [0.29, 0.717) is 17.9 Å². The molecule has 1 fully saturated rings. The van der Waals surface area contributed by atoms with Crippen molar-refractivity contribution in [3.63, 3.8) is 0 Å². The zero-order valence-corrected chi connectivity index (χ0v) is 14.2. The van der Waals surface area contributed by atoms with Gasteiger partial charge in [0.05, 0.1) is 0 Å². The lowest BCUT2D eigenvalue weighted by Gasteiger charge is -2.28. The number of rotatable bonds is 5. The number of carbonyl (C=O) groups excluding carboxylic acids is 4. The Labute approximate surface area is 141 Å². The van der Waals surface area contributed by atoms with E-state index in [-0.39, 0.29) is 18.7 Å². The summed E-state index contributed by atoms with van der Waals surface area (Å²) in [7, 11) is 0. The third kappa shape index (κ3) is 3.53. The number of aryl methyl sites for hydroxylation is 1. The minimum absolute atomic E-state index is 0.111. The average Bonchev–Trinajstić information content (AvgIpc) is 2.56. The van der Waals surface area contributed by atoms with Crippen LogP contribution < -0.4 is 5.32 Å². The van der Waals surface area contributed by atoms with Gasteiger partial charge in [0.25, 0.3) is 5.91 Å². The molecule has 6 heteroatoms. The molecule has 2 atom stereocenters. The molecule has 0 aliphatic carbocycles. The van der Waals surface area contributed by atoms with Gasteiger partial charge in [0, 0.05) is 12.0 Å². The Bertz CT molecular complexity index is 684. The Morgan fingerprint density at radius 3 is 2.67 bits per heavy atom. The van der Waals surface area contributed by atoms with Crippen LogP contribution >= 0.6 is 0 Å². The van der Waals surface area contributed by atoms with E-state index in [1.54, 1.807) is 6.07 Å². The Balaban J connectivity index is 2.27. The van der Waals surface area contributed by atoms with Crippen molar-refractivity contribution in [2.45, 2.75) is 52.0 Å². The molecule has 1 N–H and O–H groups in total. The Morgan fingerprint density at radius 1 is 1.42 bits per heavy atom. The molecule has 1 aromatic carbocycles. The molecule has 0 radical (unpaired) electrons. The minimum Gasteiger partial charge on any atom is -0.295 e. The summed E-state index contributed by atoms with van der Waals surface area (Å²) in [5, 5.41) is 2.17. The van der Waals surface area contributed by atoms with Crippen LogP contribution in [0.1, 0.15) is 60.5 Å². The normalized spacial score (nSPS) is 18.7. The highest BCUT2D eigenvalue weighted by Gasteiger charge is 2.35. The first-order valence-electron chi connectivity index (χ1n) is 8.11. The van der Waals surface area contributed by atoms with Crippen LogP contribution in [0.5, 0.6) is 0 Å². The number of nitrogens with zero attached hydrogens (tertiary/aromatic N) is 1. The SMILES string of the molecule is CCC(C)c1ccc(C(=O)N(C=O)C2CCC(=O)NC2=O)c(C)c1. The maximum atomic E-state index is 12.7. The molecule has 0 saturated carbocycles. The lowest BCUT2D eigenvalue weighted by Crippen LogP contribution is -2.53. The molecule has 1 aliphatic rings. The second-order valence-electron chi connectivity index (χ2n) is 6.17. The number of hydrogen-bond donors (Lipinski definition) is 1. The van der Waals surface area contributed by atoms with Crippen molar-refractivity contribution in [2.75, 3.05) is 0 Å². The number of amides is 4. The molecule has 1 aromatic rings. The fourth-order valence-corrected chi connectivity index (χ4v) is 2.82. The van der Waals surface area contributed by atoms with Gasteiger partial charge in [-0.25, -0.2) is 0 Å². The zero-order chi connectivity index (χ0) is 17.9. The molecule has 0 spiro atoms. The Hall–Kier alpha value is -2.50. The minimum atomic E-state index is -0.943. The van der Waals surface area contributed by atoms with E-state index < -0.39 is 17.9 Å². The molecule has 128 valence electrons. The summed E-state index contributed by atoms with van der Waals surface area (Å²) in [6, 6.07) is 4.57. The van der Waals surface area contributed by atoms with Gasteiger partial charge in [-0.15, -0.1) is 0 Å². The highest BCUT2D eigenvalue weighted by Crippen LogP contribution is 2.23. The van der Waals surface area contributed by atoms with E-state index in [2.05, 4.69) is 19.2 Å². The Morgan fingerprint density at radius 2 is 2.12 bits per heavy atom. The monoisotopic (exact) mass is 330 g/mol. The first kappa shape index (κ1) is 17.8. The average molecular weight is 330 g/mol. The standard InChI is InChI=1S/C18H22N2O4/c1-4-11(2)13-5-6-14(12(3)9-13)18(24)20(10-21)15-7-8-16(22)19-17(15)23/h5-6,9-11,15H,4,7-8H2,1-3H3,(H,19,22,23). The summed E-state index contributed by atoms with van der Waals surface area (Å²) in [5.41, 5.74) is 2.28. The van der Waals surface area contributed by atoms with Crippen LogP contribution in [-0.4, -0.2) is 35.1 Å². The van der Waals surface area contributed by atoms with Crippen molar-refractivity contribution in [3.8, 4) is 0 Å². The van der Waals surface area contributed by atoms with Crippen LogP contribution in [-0.2, 0) is 14.4 Å². The molecule has 1 saturated heterocycles. The molecule has 6 nitrogen and oxygen atoms in total. The summed E-state index contributed by atoms with van der Waals surface area (Å²) in [6.07, 6.45) is 1.62. The van der Waals surface area contributed by atoms with Gasteiger partial charge < -0.3 is 0 Å². The van der Waals surface area contributed by atoms with Crippen molar-refractivity contribution < 1.29 is 19.2 Å². The van der Waals surface area contributed by atoms with Gasteiger partial charge >= 0.3 is 0 Å². The number of piperidine rings is 1. The van der Waals surface area contributed by atoms with Crippen molar-refractivity contribution in [3.05, 3.63) is 34.9 Å². The topological polar surface area (TPSA) is 83.6 Å². The molecule has 2 unspecified atom stereocenters. The van der Waals surface area contributed by atoms with Crippen molar-refractivity contribution >= 4 is 24.1 Å². The Kier molecular flexibility index (Phi) is 5.49. The molecule has 2 rings (SSSR count). The van der Waals surface area contributed by atoms with E-state index in [1.165, 1.54) is 0 Å². The summed E-state index contributed by atoms with van der Waals surface area (Å²) >= 11 is 0. The predicted octanol–water partition coefficient (Wildman–Crippen LogP) is 1.91. The maximum absolute atomic E-state index is 12.7. The van der Waals surface area contributed by atoms with E-state index in [4.69, 9.17) is 0 Å². The van der Waals surface area contributed by atoms with Crippen LogP contribution in [0.25, 0.3) is 0 Å². The molecule has 4 amide bonds. The third-order valence-corrected chi connectivity index (χ3v) is 4.56. The van der Waals surface area contributed by atoms with Gasteiger partial charge in [0.2, 0.25) is 18.2 Å². The van der Waals surface area contributed by atoms with Gasteiger partial charge in [-0.1, -0.05) is 26.0 Å². The summed E-state index contributed by atoms with van der Waals surface area (Å²) in [6.45, 7) is 6.01. The smallest absolute Gasteiger partial charge is 0.261 e. The lowest BCUT2D eigenvalue weighted by molar-refractivity contribution is -0.139. The first-order chi connectivity index (χ1) is 11.4. The number of nitrogens with one attached hydrogen (secondary N) is 1. The molecule has 1 heterocycles. The summed E-state index contributed by atoms with van der Waals surface area (Å²) < 4.78 is 0. The van der Waals surface area contributed by atoms with Gasteiger partial charge in [-0.3, -0.25) is 29.4 Å². The molecule has 1 aliphatic heterocycles. The fraction of sp³-hybridized carbons (Fsp3) is 0.444. The predicted molar refractivity (Wildman–Crippen MR) is 88.3 cm³/mol. The first-order valence-corrected chi connectivity index (χ1v) is 8.11.